The van der Waals surface area contributed by atoms with Crippen LogP contribution in [0.5, 0.6) is 0 Å². The number of hydrogen-bond acceptors (Lipinski definition) is 9. The molecule has 6 rings (SSSR count). The van der Waals surface area contributed by atoms with Gasteiger partial charge >= 0.3 is 12.3 Å². The summed E-state index contributed by atoms with van der Waals surface area (Å²) in [6.07, 6.45) is 20.4. The zero-order valence-electron chi connectivity index (χ0n) is 43.8. The summed E-state index contributed by atoms with van der Waals surface area (Å²) >= 11 is 0. The summed E-state index contributed by atoms with van der Waals surface area (Å²) in [4.78, 5) is 27.4. The Morgan fingerprint density at radius 3 is 1.03 bits per heavy atom. The highest BCUT2D eigenvalue weighted by Gasteiger charge is 2.64. The van der Waals surface area contributed by atoms with Crippen molar-refractivity contribution in [3.8, 4) is 22.3 Å². The maximum atomic E-state index is 13.7. The van der Waals surface area contributed by atoms with Crippen LogP contribution in [0.4, 0.5) is 9.59 Å². The maximum absolute atomic E-state index is 13.7. The highest BCUT2D eigenvalue weighted by molar-refractivity contribution is 5.66. The van der Waals surface area contributed by atoms with E-state index in [4.69, 9.17) is 33.2 Å². The summed E-state index contributed by atoms with van der Waals surface area (Å²) in [6, 6.07) is 36.7. The van der Waals surface area contributed by atoms with E-state index < -0.39 is 48.3 Å². The molecule has 4 aromatic carbocycles. The van der Waals surface area contributed by atoms with Gasteiger partial charge in [-0.1, -0.05) is 265 Å². The first-order chi connectivity index (χ1) is 34.9. The van der Waals surface area contributed by atoms with Crippen molar-refractivity contribution in [1.82, 2.24) is 0 Å². The molecule has 0 saturated carbocycles. The topological polar surface area (TPSA) is 98.8 Å². The molecule has 388 valence electrons. The molecule has 4 aromatic rings. The molecule has 6 unspecified atom stereocenters. The Morgan fingerprint density at radius 2 is 0.704 bits per heavy atom. The van der Waals surface area contributed by atoms with Gasteiger partial charge in [-0.3, -0.25) is 0 Å². The fourth-order valence-electron chi connectivity index (χ4n) is 10.3. The third-order valence-electron chi connectivity index (χ3n) is 14.3. The fourth-order valence-corrected chi connectivity index (χ4v) is 10.3. The molecule has 0 bridgehead atoms. The standard InChI is InChI=1S/C62H86O9/c1-5-9-11-13-15-17-19-21-23-31-47-65-61(55(33-7-3)67-59(63)70-61)57(53-43-39-51(40-44-53)49-35-27-25-28-36-49)69-58(54-45-41-52(42-46-54)50-37-29-26-30-38-50)62(56(34-8-4)68-60(64)71-62)66-48-32-24-22-20-18-16-14-12-10-6-2/h25-30,35-46,55-58H,5-24,31-34,47-48H2,1-4H3. The van der Waals surface area contributed by atoms with Gasteiger partial charge in [0.2, 0.25) is 0 Å². The van der Waals surface area contributed by atoms with Gasteiger partial charge in [-0.25, -0.2) is 9.59 Å². The lowest BCUT2D eigenvalue weighted by Crippen LogP contribution is -2.54. The molecule has 2 aliphatic rings. The molecule has 2 fully saturated rings. The highest BCUT2D eigenvalue weighted by Crippen LogP contribution is 2.52. The second-order valence-corrected chi connectivity index (χ2v) is 19.9. The first-order valence-electron chi connectivity index (χ1n) is 27.9. The van der Waals surface area contributed by atoms with Gasteiger partial charge in [-0.15, -0.1) is 0 Å². The van der Waals surface area contributed by atoms with E-state index >= 15 is 0 Å². The Balaban J connectivity index is 1.38. The third kappa shape index (κ3) is 16.1. The monoisotopic (exact) mass is 975 g/mol. The SMILES string of the molecule is CCCCCCCCCCCCOC1(C(OC(c2ccc(-c3ccccc3)cc2)C2(OCCCCCCCCCCCC)OC(=O)OC2CCC)c2ccc(-c3ccccc3)cc2)OC(=O)OC1CCC. The molecule has 0 aliphatic carbocycles. The van der Waals surface area contributed by atoms with Crippen molar-refractivity contribution in [2.24, 2.45) is 0 Å². The molecule has 71 heavy (non-hydrogen) atoms. The number of rotatable bonds is 36. The van der Waals surface area contributed by atoms with Crippen LogP contribution in [-0.4, -0.2) is 49.3 Å². The molecule has 0 radical (unpaired) electrons. The van der Waals surface area contributed by atoms with Crippen molar-refractivity contribution in [3.63, 3.8) is 0 Å². The van der Waals surface area contributed by atoms with E-state index in [-0.39, 0.29) is 0 Å². The van der Waals surface area contributed by atoms with E-state index in [1.54, 1.807) is 0 Å². The number of carbonyl (C=O) groups excluding carboxylic acids is 2. The van der Waals surface area contributed by atoms with Crippen molar-refractivity contribution in [1.29, 1.82) is 0 Å². The molecule has 2 saturated heterocycles. The molecule has 2 aliphatic heterocycles. The summed E-state index contributed by atoms with van der Waals surface area (Å²) in [5.41, 5.74) is 5.58. The first kappa shape index (κ1) is 55.6. The summed E-state index contributed by atoms with van der Waals surface area (Å²) in [6.45, 7) is 9.27. The Bertz CT molecular complexity index is 1930. The van der Waals surface area contributed by atoms with Crippen LogP contribution in [0.25, 0.3) is 22.3 Å². The molecular weight excluding hydrogens is 889 g/mol. The average molecular weight is 975 g/mol. The van der Waals surface area contributed by atoms with Crippen molar-refractivity contribution in [2.45, 2.75) is 218 Å². The summed E-state index contributed by atoms with van der Waals surface area (Å²) in [5.74, 6) is -3.41. The molecule has 0 aromatic heterocycles. The number of carbonyl (C=O) groups is 2. The number of ether oxygens (including phenoxy) is 7. The lowest BCUT2D eigenvalue weighted by atomic mass is 9.89. The molecule has 9 nitrogen and oxygen atoms in total. The number of hydrogen-bond donors (Lipinski definition) is 0. The zero-order valence-corrected chi connectivity index (χ0v) is 43.8. The molecule has 0 spiro atoms. The first-order valence-corrected chi connectivity index (χ1v) is 27.9. The lowest BCUT2D eigenvalue weighted by Gasteiger charge is -2.43. The third-order valence-corrected chi connectivity index (χ3v) is 14.3. The fraction of sp³-hybridized carbons (Fsp3) is 0.581. The minimum Gasteiger partial charge on any atom is -0.424 e. The van der Waals surface area contributed by atoms with Crippen molar-refractivity contribution in [2.75, 3.05) is 13.2 Å². The van der Waals surface area contributed by atoms with Gasteiger partial charge in [0.25, 0.3) is 11.6 Å². The van der Waals surface area contributed by atoms with Gasteiger partial charge in [0, 0.05) is 0 Å². The zero-order chi connectivity index (χ0) is 50.0. The summed E-state index contributed by atoms with van der Waals surface area (Å²) < 4.78 is 46.8. The Morgan fingerprint density at radius 1 is 0.394 bits per heavy atom. The van der Waals surface area contributed by atoms with Gasteiger partial charge in [0.1, 0.15) is 0 Å². The van der Waals surface area contributed by atoms with Gasteiger partial charge in [0.15, 0.2) is 24.4 Å². The largest absolute Gasteiger partial charge is 0.511 e. The van der Waals surface area contributed by atoms with Crippen LogP contribution in [0.1, 0.15) is 205 Å². The van der Waals surface area contributed by atoms with E-state index in [9.17, 15) is 9.59 Å². The van der Waals surface area contributed by atoms with Crippen LogP contribution < -0.4 is 0 Å². The average Bonchev–Trinajstić information content (AvgIpc) is 3.89. The van der Waals surface area contributed by atoms with Gasteiger partial charge < -0.3 is 33.2 Å². The van der Waals surface area contributed by atoms with E-state index in [1.807, 2.05) is 60.7 Å². The predicted molar refractivity (Wildman–Crippen MR) is 284 cm³/mol. The van der Waals surface area contributed by atoms with E-state index in [0.29, 0.717) is 50.0 Å². The van der Waals surface area contributed by atoms with Crippen LogP contribution >= 0.6 is 0 Å². The van der Waals surface area contributed by atoms with E-state index in [0.717, 1.165) is 60.8 Å². The Labute approximate surface area is 427 Å². The molecule has 9 heteroatoms. The van der Waals surface area contributed by atoms with Crippen molar-refractivity contribution in [3.05, 3.63) is 120 Å². The van der Waals surface area contributed by atoms with Gasteiger partial charge in [-0.2, -0.15) is 0 Å². The van der Waals surface area contributed by atoms with Crippen molar-refractivity contribution >= 4 is 12.3 Å². The van der Waals surface area contributed by atoms with Gasteiger partial charge in [-0.05, 0) is 59.1 Å². The Hall–Kier alpha value is -4.70. The minimum absolute atomic E-state index is 0.322. The molecule has 2 heterocycles. The lowest BCUT2D eigenvalue weighted by molar-refractivity contribution is -0.326. The van der Waals surface area contributed by atoms with E-state index in [1.165, 1.54) is 89.9 Å². The van der Waals surface area contributed by atoms with Crippen LogP contribution in [0, 0.1) is 0 Å². The van der Waals surface area contributed by atoms with Crippen LogP contribution in [0.3, 0.4) is 0 Å². The molecule has 0 N–H and O–H groups in total. The highest BCUT2D eigenvalue weighted by atomic mass is 16.9. The second kappa shape index (κ2) is 30.4. The smallest absolute Gasteiger partial charge is 0.424 e. The maximum Gasteiger partial charge on any atom is 0.511 e. The number of benzene rings is 4. The normalized spacial score (nSPS) is 20.6. The van der Waals surface area contributed by atoms with E-state index in [2.05, 4.69) is 76.2 Å². The quantitative estimate of drug-likeness (QED) is 0.0326. The van der Waals surface area contributed by atoms with Crippen LogP contribution in [0.15, 0.2) is 109 Å². The number of cyclic esters (lactones) is 4. The van der Waals surface area contributed by atoms with Crippen LogP contribution in [0.2, 0.25) is 0 Å². The van der Waals surface area contributed by atoms with Gasteiger partial charge in [0.05, 0.1) is 13.2 Å². The Kier molecular flexibility index (Phi) is 23.8. The van der Waals surface area contributed by atoms with Crippen LogP contribution in [-0.2, 0) is 33.2 Å². The second-order valence-electron chi connectivity index (χ2n) is 19.9. The number of unbranched alkanes of at least 4 members (excludes halogenated alkanes) is 18. The minimum atomic E-state index is -1.70. The summed E-state index contributed by atoms with van der Waals surface area (Å²) in [7, 11) is 0. The summed E-state index contributed by atoms with van der Waals surface area (Å²) in [5, 5.41) is 0. The van der Waals surface area contributed by atoms with Crippen molar-refractivity contribution < 1.29 is 42.7 Å². The molecule has 0 amide bonds. The predicted octanol–water partition coefficient (Wildman–Crippen LogP) is 17.8. The molecule has 6 atom stereocenters. The molecular formula is C62H86O9.